The van der Waals surface area contributed by atoms with E-state index in [9.17, 15) is 4.79 Å². The summed E-state index contributed by atoms with van der Waals surface area (Å²) in [6.45, 7) is 2.19. The van der Waals surface area contributed by atoms with Crippen LogP contribution in [0, 0.1) is 0 Å². The minimum absolute atomic E-state index is 0.247. The Hall–Kier alpha value is -2.20. The summed E-state index contributed by atoms with van der Waals surface area (Å²) in [6, 6.07) is 17.6. The number of para-hydroxylation sites is 1. The van der Waals surface area contributed by atoms with E-state index in [-0.39, 0.29) is 5.97 Å². The molecule has 21 heavy (non-hydrogen) atoms. The Kier molecular flexibility index (Phi) is 3.97. The quantitative estimate of drug-likeness (QED) is 0.683. The third-order valence-electron chi connectivity index (χ3n) is 3.21. The first kappa shape index (κ1) is 13.8. The number of carbonyl (C=O) groups excluding carboxylic acids is 1. The smallest absolute Gasteiger partial charge is 0.320 e. The van der Waals surface area contributed by atoms with Crippen molar-refractivity contribution >= 4 is 27.5 Å². The van der Waals surface area contributed by atoms with Crippen molar-refractivity contribution in [2.75, 3.05) is 6.61 Å². The van der Waals surface area contributed by atoms with Gasteiger partial charge in [0.15, 0.2) is 0 Å². The minimum Gasteiger partial charge on any atom is -0.465 e. The molecule has 0 aliphatic heterocycles. The van der Waals surface area contributed by atoms with Crippen LogP contribution in [0.4, 0.5) is 0 Å². The molecule has 4 heteroatoms. The van der Waals surface area contributed by atoms with Gasteiger partial charge < -0.3 is 4.74 Å². The van der Waals surface area contributed by atoms with Crippen LogP contribution in [0.25, 0.3) is 10.2 Å². The van der Waals surface area contributed by atoms with Crippen molar-refractivity contribution in [2.24, 2.45) is 0 Å². The first-order valence-corrected chi connectivity index (χ1v) is 7.68. The highest BCUT2D eigenvalue weighted by Crippen LogP contribution is 2.32. The van der Waals surface area contributed by atoms with Gasteiger partial charge in [0.25, 0.3) is 0 Å². The number of aromatic nitrogens is 1. The zero-order valence-corrected chi connectivity index (χ0v) is 12.5. The molecule has 3 nitrogen and oxygen atoms in total. The van der Waals surface area contributed by atoms with Crippen LogP contribution >= 0.6 is 11.3 Å². The number of carbonyl (C=O) groups is 1. The van der Waals surface area contributed by atoms with Crippen LogP contribution in [0.5, 0.6) is 0 Å². The van der Waals surface area contributed by atoms with Gasteiger partial charge >= 0.3 is 5.97 Å². The van der Waals surface area contributed by atoms with Crippen molar-refractivity contribution in [1.29, 1.82) is 0 Å². The van der Waals surface area contributed by atoms with Crippen molar-refractivity contribution in [3.8, 4) is 0 Å². The van der Waals surface area contributed by atoms with Gasteiger partial charge in [-0.1, -0.05) is 42.5 Å². The van der Waals surface area contributed by atoms with Gasteiger partial charge in [-0.25, -0.2) is 4.98 Å². The van der Waals surface area contributed by atoms with E-state index in [1.807, 2.05) is 61.5 Å². The Morgan fingerprint density at radius 1 is 1.14 bits per heavy atom. The van der Waals surface area contributed by atoms with E-state index in [1.54, 1.807) is 11.3 Å². The molecule has 0 amide bonds. The van der Waals surface area contributed by atoms with Crippen LogP contribution in [0.3, 0.4) is 0 Å². The molecule has 1 atom stereocenters. The van der Waals surface area contributed by atoms with E-state index in [0.29, 0.717) is 6.61 Å². The number of rotatable bonds is 4. The minimum atomic E-state index is -0.455. The average Bonchev–Trinajstić information content (AvgIpc) is 2.92. The number of hydrogen-bond donors (Lipinski definition) is 0. The molecule has 2 aromatic carbocycles. The maximum absolute atomic E-state index is 12.4. The lowest BCUT2D eigenvalue weighted by molar-refractivity contribution is -0.143. The zero-order valence-electron chi connectivity index (χ0n) is 11.7. The molecule has 0 bridgehead atoms. The first-order chi connectivity index (χ1) is 10.3. The molecule has 0 radical (unpaired) electrons. The summed E-state index contributed by atoms with van der Waals surface area (Å²) in [7, 11) is 0. The van der Waals surface area contributed by atoms with E-state index < -0.39 is 5.92 Å². The largest absolute Gasteiger partial charge is 0.465 e. The van der Waals surface area contributed by atoms with Gasteiger partial charge in [0, 0.05) is 0 Å². The van der Waals surface area contributed by atoms with E-state index in [2.05, 4.69) is 4.98 Å². The normalized spacial score (nSPS) is 12.2. The number of hydrogen-bond acceptors (Lipinski definition) is 4. The van der Waals surface area contributed by atoms with Crippen molar-refractivity contribution in [1.82, 2.24) is 4.98 Å². The molecule has 3 rings (SSSR count). The van der Waals surface area contributed by atoms with Crippen molar-refractivity contribution < 1.29 is 9.53 Å². The van der Waals surface area contributed by atoms with Gasteiger partial charge in [-0.3, -0.25) is 4.79 Å². The van der Waals surface area contributed by atoms with Crippen molar-refractivity contribution in [3.05, 3.63) is 65.2 Å². The molecule has 0 saturated heterocycles. The van der Waals surface area contributed by atoms with Crippen LogP contribution in [0.2, 0.25) is 0 Å². The Balaban J connectivity index is 2.08. The molecule has 0 aliphatic carbocycles. The molecule has 0 aliphatic rings. The Bertz CT molecular complexity index is 719. The second-order valence-corrected chi connectivity index (χ2v) is 5.68. The number of benzene rings is 2. The Labute approximate surface area is 127 Å². The molecule has 1 unspecified atom stereocenters. The summed E-state index contributed by atoms with van der Waals surface area (Å²) in [4.78, 5) is 17.0. The molecule has 0 fully saturated rings. The summed E-state index contributed by atoms with van der Waals surface area (Å²) < 4.78 is 6.32. The van der Waals surface area contributed by atoms with Crippen LogP contribution < -0.4 is 0 Å². The van der Waals surface area contributed by atoms with E-state index in [4.69, 9.17) is 4.74 Å². The number of fused-ring (bicyclic) bond motifs is 1. The Morgan fingerprint density at radius 3 is 2.57 bits per heavy atom. The number of ether oxygens (including phenoxy) is 1. The van der Waals surface area contributed by atoms with Gasteiger partial charge in [0.05, 0.1) is 16.8 Å². The van der Waals surface area contributed by atoms with E-state index >= 15 is 0 Å². The summed E-state index contributed by atoms with van der Waals surface area (Å²) >= 11 is 1.54. The Morgan fingerprint density at radius 2 is 1.86 bits per heavy atom. The predicted molar refractivity (Wildman–Crippen MR) is 84.5 cm³/mol. The SMILES string of the molecule is CCOC(=O)C(c1ccccc1)c1nc2ccccc2s1. The number of thiazole rings is 1. The maximum atomic E-state index is 12.4. The second-order valence-electron chi connectivity index (χ2n) is 4.62. The molecule has 0 N–H and O–H groups in total. The second kappa shape index (κ2) is 6.06. The third kappa shape index (κ3) is 2.81. The average molecular weight is 297 g/mol. The standard InChI is InChI=1S/C17H15NO2S/c1-2-20-17(19)15(12-8-4-3-5-9-12)16-18-13-10-6-7-11-14(13)21-16/h3-11,15H,2H2,1H3. The summed E-state index contributed by atoms with van der Waals surface area (Å²) in [5.74, 6) is -0.702. The number of esters is 1. The molecule has 3 aromatic rings. The van der Waals surface area contributed by atoms with Crippen LogP contribution in [-0.2, 0) is 9.53 Å². The fourth-order valence-electron chi connectivity index (χ4n) is 2.26. The lowest BCUT2D eigenvalue weighted by Gasteiger charge is -2.13. The highest BCUT2D eigenvalue weighted by molar-refractivity contribution is 7.18. The van der Waals surface area contributed by atoms with Gasteiger partial charge in [-0.05, 0) is 24.6 Å². The highest BCUT2D eigenvalue weighted by atomic mass is 32.1. The van der Waals surface area contributed by atoms with Crippen LogP contribution in [0.15, 0.2) is 54.6 Å². The molecule has 106 valence electrons. The van der Waals surface area contributed by atoms with Gasteiger partial charge in [-0.2, -0.15) is 0 Å². The fourth-order valence-corrected chi connectivity index (χ4v) is 3.35. The molecule has 0 saturated carbocycles. The molecule has 1 heterocycles. The summed E-state index contributed by atoms with van der Waals surface area (Å²) in [6.07, 6.45) is 0. The molecule has 1 aromatic heterocycles. The molecular formula is C17H15NO2S. The number of nitrogens with zero attached hydrogens (tertiary/aromatic N) is 1. The van der Waals surface area contributed by atoms with Crippen molar-refractivity contribution in [3.63, 3.8) is 0 Å². The lowest BCUT2D eigenvalue weighted by atomic mass is 10.00. The monoisotopic (exact) mass is 297 g/mol. The van der Waals surface area contributed by atoms with Gasteiger partial charge in [-0.15, -0.1) is 11.3 Å². The predicted octanol–water partition coefficient (Wildman–Crippen LogP) is 3.99. The summed E-state index contributed by atoms with van der Waals surface area (Å²) in [5, 5.41) is 0.779. The molecule has 0 spiro atoms. The first-order valence-electron chi connectivity index (χ1n) is 6.86. The summed E-state index contributed by atoms with van der Waals surface area (Å²) in [5.41, 5.74) is 1.83. The topological polar surface area (TPSA) is 39.2 Å². The van der Waals surface area contributed by atoms with Crippen LogP contribution in [0.1, 0.15) is 23.4 Å². The van der Waals surface area contributed by atoms with E-state index in [1.165, 1.54) is 0 Å². The van der Waals surface area contributed by atoms with Crippen LogP contribution in [-0.4, -0.2) is 17.6 Å². The maximum Gasteiger partial charge on any atom is 0.320 e. The van der Waals surface area contributed by atoms with Crippen molar-refractivity contribution in [2.45, 2.75) is 12.8 Å². The highest BCUT2D eigenvalue weighted by Gasteiger charge is 2.27. The fraction of sp³-hybridized carbons (Fsp3) is 0.176. The van der Waals surface area contributed by atoms with Gasteiger partial charge in [0.2, 0.25) is 0 Å². The lowest BCUT2D eigenvalue weighted by Crippen LogP contribution is -2.17. The van der Waals surface area contributed by atoms with E-state index in [0.717, 1.165) is 20.8 Å². The third-order valence-corrected chi connectivity index (χ3v) is 4.31. The zero-order chi connectivity index (χ0) is 14.7. The van der Waals surface area contributed by atoms with Gasteiger partial charge in [0.1, 0.15) is 10.9 Å². The molecular weight excluding hydrogens is 282 g/mol.